The maximum Gasteiger partial charge on any atom is 0.244 e. The fourth-order valence-electron chi connectivity index (χ4n) is 3.73. The van der Waals surface area contributed by atoms with Crippen LogP contribution in [0.4, 0.5) is 5.69 Å². The van der Waals surface area contributed by atoms with Gasteiger partial charge in [-0.15, -0.1) is 0 Å². The minimum atomic E-state index is -3.79. The third-order valence-corrected chi connectivity index (χ3v) is 7.55. The number of carbonyl (C=O) groups is 2. The molecule has 2 aromatic rings. The van der Waals surface area contributed by atoms with Gasteiger partial charge in [0.05, 0.1) is 22.0 Å². The summed E-state index contributed by atoms with van der Waals surface area (Å²) in [5.74, 6) is -0.827. The summed E-state index contributed by atoms with van der Waals surface area (Å²) in [6.45, 7) is 7.33. The summed E-state index contributed by atoms with van der Waals surface area (Å²) in [5, 5.41) is 3.54. The SMILES string of the molecule is CCCCNC(=O)[C@H](C)N(Cc1ccc(Cl)c(Cl)c1)C(=O)CN(c1c(C)cccc1C)S(C)(=O)=O. The Labute approximate surface area is 218 Å². The number of aryl methyl sites for hydroxylation is 2. The van der Waals surface area contributed by atoms with Gasteiger partial charge in [0.25, 0.3) is 0 Å². The minimum Gasteiger partial charge on any atom is -0.354 e. The van der Waals surface area contributed by atoms with Crippen molar-refractivity contribution in [1.29, 1.82) is 0 Å². The van der Waals surface area contributed by atoms with E-state index in [0.717, 1.165) is 34.5 Å². The number of benzene rings is 2. The highest BCUT2D eigenvalue weighted by Gasteiger charge is 2.31. The molecule has 1 N–H and O–H groups in total. The molecule has 2 aromatic carbocycles. The number of anilines is 1. The van der Waals surface area contributed by atoms with Gasteiger partial charge in [-0.2, -0.15) is 0 Å². The van der Waals surface area contributed by atoms with Gasteiger partial charge in [0.1, 0.15) is 12.6 Å². The second-order valence-electron chi connectivity index (χ2n) is 8.60. The molecule has 10 heteroatoms. The summed E-state index contributed by atoms with van der Waals surface area (Å²) in [6, 6.07) is 9.54. The van der Waals surface area contributed by atoms with Crippen LogP contribution in [0.25, 0.3) is 0 Å². The Morgan fingerprint density at radius 3 is 2.23 bits per heavy atom. The maximum atomic E-state index is 13.6. The van der Waals surface area contributed by atoms with Crippen LogP contribution >= 0.6 is 23.2 Å². The van der Waals surface area contributed by atoms with Gasteiger partial charge in [0, 0.05) is 13.1 Å². The zero-order valence-electron chi connectivity index (χ0n) is 20.8. The first-order valence-electron chi connectivity index (χ1n) is 11.4. The molecule has 0 unspecified atom stereocenters. The Bertz CT molecular complexity index is 1150. The van der Waals surface area contributed by atoms with E-state index in [2.05, 4.69) is 5.32 Å². The van der Waals surface area contributed by atoms with E-state index in [1.807, 2.05) is 13.0 Å². The van der Waals surface area contributed by atoms with Crippen molar-refractivity contribution in [3.05, 3.63) is 63.1 Å². The number of nitrogens with zero attached hydrogens (tertiary/aromatic N) is 2. The van der Waals surface area contributed by atoms with E-state index >= 15 is 0 Å². The molecule has 192 valence electrons. The second kappa shape index (κ2) is 12.6. The molecule has 0 fully saturated rings. The van der Waals surface area contributed by atoms with E-state index in [1.165, 1.54) is 4.90 Å². The van der Waals surface area contributed by atoms with Gasteiger partial charge in [-0.1, -0.05) is 60.8 Å². The standard InChI is InChI=1S/C25H33Cl2N3O4S/c1-6-7-13-28-25(32)19(4)29(15-20-11-12-21(26)22(27)14-20)23(31)16-30(35(5,33)34)24-17(2)9-8-10-18(24)3/h8-12,14,19H,6-7,13,15-16H2,1-5H3,(H,28,32)/t19-/m0/s1. The lowest BCUT2D eigenvalue weighted by Gasteiger charge is -2.32. The van der Waals surface area contributed by atoms with Crippen LogP contribution in [-0.4, -0.2) is 50.5 Å². The normalized spacial score (nSPS) is 12.2. The lowest BCUT2D eigenvalue weighted by atomic mass is 10.1. The monoisotopic (exact) mass is 541 g/mol. The highest BCUT2D eigenvalue weighted by molar-refractivity contribution is 7.92. The van der Waals surface area contributed by atoms with Crippen LogP contribution < -0.4 is 9.62 Å². The third kappa shape index (κ3) is 7.85. The Balaban J connectivity index is 2.43. The van der Waals surface area contributed by atoms with Crippen molar-refractivity contribution in [2.24, 2.45) is 0 Å². The van der Waals surface area contributed by atoms with Gasteiger partial charge >= 0.3 is 0 Å². The number of hydrogen-bond acceptors (Lipinski definition) is 4. The molecule has 0 aromatic heterocycles. The summed E-state index contributed by atoms with van der Waals surface area (Å²) in [6.07, 6.45) is 2.80. The largest absolute Gasteiger partial charge is 0.354 e. The van der Waals surface area contributed by atoms with E-state index in [9.17, 15) is 18.0 Å². The molecule has 35 heavy (non-hydrogen) atoms. The molecule has 2 rings (SSSR count). The van der Waals surface area contributed by atoms with Crippen LogP contribution in [-0.2, 0) is 26.2 Å². The van der Waals surface area contributed by atoms with Crippen LogP contribution in [0.5, 0.6) is 0 Å². The van der Waals surface area contributed by atoms with Crippen molar-refractivity contribution in [3.63, 3.8) is 0 Å². The van der Waals surface area contributed by atoms with Gasteiger partial charge in [-0.3, -0.25) is 13.9 Å². The molecular formula is C25H33Cl2N3O4S. The summed E-state index contributed by atoms with van der Waals surface area (Å²) in [5.41, 5.74) is 2.58. The van der Waals surface area contributed by atoms with E-state index < -0.39 is 28.5 Å². The molecule has 1 atom stereocenters. The first kappa shape index (κ1) is 28.9. The van der Waals surface area contributed by atoms with Crippen LogP contribution in [0.1, 0.15) is 43.4 Å². The second-order valence-corrected chi connectivity index (χ2v) is 11.3. The summed E-state index contributed by atoms with van der Waals surface area (Å²) < 4.78 is 26.6. The molecule has 0 saturated carbocycles. The molecule has 2 amide bonds. The molecule has 0 aliphatic heterocycles. The fourth-order valence-corrected chi connectivity index (χ4v) is 5.01. The number of amides is 2. The molecule has 0 aliphatic rings. The average Bonchev–Trinajstić information content (AvgIpc) is 2.77. The molecule has 0 radical (unpaired) electrons. The van der Waals surface area contributed by atoms with E-state index in [4.69, 9.17) is 23.2 Å². The van der Waals surface area contributed by atoms with Gasteiger partial charge in [-0.05, 0) is 56.0 Å². The van der Waals surface area contributed by atoms with Crippen LogP contribution in [0.15, 0.2) is 36.4 Å². The number of hydrogen-bond donors (Lipinski definition) is 1. The number of halogens is 2. The lowest BCUT2D eigenvalue weighted by molar-refractivity contribution is -0.139. The van der Waals surface area contributed by atoms with Crippen LogP contribution in [0.3, 0.4) is 0 Å². The number of nitrogens with one attached hydrogen (secondary N) is 1. The predicted molar refractivity (Wildman–Crippen MR) is 142 cm³/mol. The van der Waals surface area contributed by atoms with Gasteiger partial charge in [0.2, 0.25) is 21.8 Å². The summed E-state index contributed by atoms with van der Waals surface area (Å²) in [4.78, 5) is 27.8. The lowest BCUT2D eigenvalue weighted by Crippen LogP contribution is -2.51. The van der Waals surface area contributed by atoms with Crippen molar-refractivity contribution in [2.75, 3.05) is 23.7 Å². The number of unbranched alkanes of at least 4 members (excludes halogenated alkanes) is 1. The molecule has 0 bridgehead atoms. The van der Waals surface area contributed by atoms with Gasteiger partial charge in [0.15, 0.2) is 0 Å². The molecule has 0 heterocycles. The first-order chi connectivity index (χ1) is 16.4. The van der Waals surface area contributed by atoms with Crippen LogP contribution in [0.2, 0.25) is 10.0 Å². The quantitative estimate of drug-likeness (QED) is 0.417. The molecule has 0 spiro atoms. The predicted octanol–water partition coefficient (Wildman–Crippen LogP) is 4.71. The summed E-state index contributed by atoms with van der Waals surface area (Å²) in [7, 11) is -3.79. The highest BCUT2D eigenvalue weighted by atomic mass is 35.5. The maximum absolute atomic E-state index is 13.6. The zero-order chi connectivity index (χ0) is 26.3. The fraction of sp³-hybridized carbons (Fsp3) is 0.440. The Morgan fingerprint density at radius 1 is 1.06 bits per heavy atom. The van der Waals surface area contributed by atoms with E-state index in [1.54, 1.807) is 51.1 Å². The number of rotatable bonds is 11. The van der Waals surface area contributed by atoms with Crippen molar-refractivity contribution in [3.8, 4) is 0 Å². The third-order valence-electron chi connectivity index (χ3n) is 5.70. The first-order valence-corrected chi connectivity index (χ1v) is 14.0. The molecule has 7 nitrogen and oxygen atoms in total. The highest BCUT2D eigenvalue weighted by Crippen LogP contribution is 2.28. The van der Waals surface area contributed by atoms with Crippen molar-refractivity contribution < 1.29 is 18.0 Å². The Morgan fingerprint density at radius 2 is 1.69 bits per heavy atom. The Kier molecular flexibility index (Phi) is 10.4. The van der Waals surface area contributed by atoms with Gasteiger partial charge < -0.3 is 10.2 Å². The zero-order valence-corrected chi connectivity index (χ0v) is 23.1. The topological polar surface area (TPSA) is 86.8 Å². The van der Waals surface area contributed by atoms with Crippen molar-refractivity contribution in [1.82, 2.24) is 10.2 Å². The molecule has 0 aliphatic carbocycles. The molecular weight excluding hydrogens is 509 g/mol. The van der Waals surface area contributed by atoms with Gasteiger partial charge in [-0.25, -0.2) is 8.42 Å². The van der Waals surface area contributed by atoms with E-state index in [0.29, 0.717) is 27.8 Å². The van der Waals surface area contributed by atoms with Crippen molar-refractivity contribution >= 4 is 50.7 Å². The Hall–Kier alpha value is -2.29. The number of sulfonamides is 1. The number of para-hydroxylation sites is 1. The van der Waals surface area contributed by atoms with E-state index in [-0.39, 0.29) is 12.5 Å². The van der Waals surface area contributed by atoms with Crippen molar-refractivity contribution in [2.45, 2.75) is 53.1 Å². The minimum absolute atomic E-state index is 0.0580. The smallest absolute Gasteiger partial charge is 0.244 e. The summed E-state index contributed by atoms with van der Waals surface area (Å²) >= 11 is 12.2. The number of carbonyl (C=O) groups excluding carboxylic acids is 2. The van der Waals surface area contributed by atoms with Crippen LogP contribution in [0, 0.1) is 13.8 Å². The molecule has 0 saturated heterocycles. The average molecular weight is 543 g/mol.